The maximum absolute atomic E-state index is 12.9. The molecule has 1 aliphatic heterocycles. The molecule has 0 N–H and O–H groups in total. The Morgan fingerprint density at radius 2 is 2.12 bits per heavy atom. The van der Waals surface area contributed by atoms with E-state index in [9.17, 15) is 4.79 Å². The Morgan fingerprint density at radius 1 is 1.23 bits per heavy atom. The van der Waals surface area contributed by atoms with E-state index >= 15 is 0 Å². The number of piperazine rings is 1. The molecule has 5 rings (SSSR count). The van der Waals surface area contributed by atoms with Gasteiger partial charge < -0.3 is 4.90 Å². The van der Waals surface area contributed by atoms with Crippen molar-refractivity contribution >= 4 is 43.9 Å². The number of imidazole rings is 1. The summed E-state index contributed by atoms with van der Waals surface area (Å²) in [5.74, 6) is 0.123. The lowest BCUT2D eigenvalue weighted by atomic mass is 10.2. The number of fused-ring (bicyclic) bond motifs is 3. The summed E-state index contributed by atoms with van der Waals surface area (Å²) in [7, 11) is 0. The summed E-state index contributed by atoms with van der Waals surface area (Å²) in [6, 6.07) is 6.04. The fraction of sp³-hybridized carbons (Fsp3) is 0.278. The summed E-state index contributed by atoms with van der Waals surface area (Å²) < 4.78 is 2.05. The molecule has 132 valence electrons. The molecule has 6 nitrogen and oxygen atoms in total. The number of pyridine rings is 1. The van der Waals surface area contributed by atoms with Crippen molar-refractivity contribution in [3.05, 3.63) is 52.6 Å². The Kier molecular flexibility index (Phi) is 3.96. The maximum atomic E-state index is 12.9. The summed E-state index contributed by atoms with van der Waals surface area (Å²) >= 11 is 3.11. The van der Waals surface area contributed by atoms with Gasteiger partial charge in [-0.2, -0.15) is 0 Å². The third-order valence-electron chi connectivity index (χ3n) is 4.74. The largest absolute Gasteiger partial charge is 0.335 e. The van der Waals surface area contributed by atoms with Crippen LogP contribution in [-0.4, -0.2) is 56.3 Å². The number of thiophene rings is 1. The van der Waals surface area contributed by atoms with Crippen molar-refractivity contribution in [3.63, 3.8) is 0 Å². The average molecular weight is 384 g/mol. The molecule has 0 atom stereocenters. The number of hydrogen-bond donors (Lipinski definition) is 0. The Bertz CT molecular complexity index is 1060. The number of amides is 1. The number of nitrogens with zero attached hydrogens (tertiary/aromatic N) is 5. The van der Waals surface area contributed by atoms with E-state index in [-0.39, 0.29) is 5.91 Å². The topological polar surface area (TPSA) is 53.7 Å². The van der Waals surface area contributed by atoms with Crippen molar-refractivity contribution < 1.29 is 4.79 Å². The minimum absolute atomic E-state index is 0.123. The Labute approximate surface area is 158 Å². The molecule has 0 aromatic carbocycles. The highest BCUT2D eigenvalue weighted by molar-refractivity contribution is 7.21. The first kappa shape index (κ1) is 15.9. The molecule has 4 aromatic heterocycles. The fourth-order valence-electron chi connectivity index (χ4n) is 3.37. The standard InChI is InChI=1S/C18H17N5OS2/c24-17(15-10-14-16(26-15)20-18-23(14)8-9-25-18)22-6-4-21(5-7-22)12-13-2-1-3-19-11-13/h1-3,8-11H,4-7,12H2. The lowest BCUT2D eigenvalue weighted by Crippen LogP contribution is -2.48. The van der Waals surface area contributed by atoms with Crippen LogP contribution in [0.1, 0.15) is 15.2 Å². The zero-order valence-corrected chi connectivity index (χ0v) is 15.7. The Morgan fingerprint density at radius 3 is 2.92 bits per heavy atom. The summed E-state index contributed by atoms with van der Waals surface area (Å²) in [5.41, 5.74) is 2.25. The lowest BCUT2D eigenvalue weighted by Gasteiger charge is -2.34. The summed E-state index contributed by atoms with van der Waals surface area (Å²) in [6.07, 6.45) is 5.71. The molecular weight excluding hydrogens is 366 g/mol. The first-order valence-corrected chi connectivity index (χ1v) is 10.2. The van der Waals surface area contributed by atoms with Gasteiger partial charge >= 0.3 is 0 Å². The fourth-order valence-corrected chi connectivity index (χ4v) is 5.14. The molecule has 1 saturated heterocycles. The van der Waals surface area contributed by atoms with E-state index in [1.807, 2.05) is 34.8 Å². The molecular formula is C18H17N5OS2. The van der Waals surface area contributed by atoms with Crippen LogP contribution in [0.2, 0.25) is 0 Å². The van der Waals surface area contributed by atoms with Gasteiger partial charge in [-0.25, -0.2) is 4.98 Å². The first-order valence-electron chi connectivity index (χ1n) is 8.53. The van der Waals surface area contributed by atoms with E-state index in [0.29, 0.717) is 0 Å². The van der Waals surface area contributed by atoms with Crippen LogP contribution in [0.15, 0.2) is 42.2 Å². The summed E-state index contributed by atoms with van der Waals surface area (Å²) in [5, 5.41) is 2.02. The van der Waals surface area contributed by atoms with Gasteiger partial charge in [0.1, 0.15) is 4.83 Å². The smallest absolute Gasteiger partial charge is 0.264 e. The third-order valence-corrected chi connectivity index (χ3v) is 6.50. The predicted octanol–water partition coefficient (Wildman–Crippen LogP) is 2.96. The molecule has 5 heterocycles. The monoisotopic (exact) mass is 383 g/mol. The highest BCUT2D eigenvalue weighted by Crippen LogP contribution is 2.29. The first-order chi connectivity index (χ1) is 12.8. The van der Waals surface area contributed by atoms with Crippen LogP contribution in [0, 0.1) is 0 Å². The predicted molar refractivity (Wildman–Crippen MR) is 104 cm³/mol. The third kappa shape index (κ3) is 2.80. The number of rotatable bonds is 3. The van der Waals surface area contributed by atoms with E-state index in [2.05, 4.69) is 25.3 Å². The number of thiazole rings is 1. The molecule has 1 fully saturated rings. The minimum Gasteiger partial charge on any atom is -0.335 e. The van der Waals surface area contributed by atoms with Gasteiger partial charge in [0.15, 0.2) is 4.96 Å². The Hall–Kier alpha value is -2.29. The number of aromatic nitrogens is 3. The van der Waals surface area contributed by atoms with Crippen LogP contribution in [0.5, 0.6) is 0 Å². The number of hydrogen-bond acceptors (Lipinski definition) is 6. The quantitative estimate of drug-likeness (QED) is 0.546. The van der Waals surface area contributed by atoms with Gasteiger partial charge in [-0.15, -0.1) is 22.7 Å². The van der Waals surface area contributed by atoms with Gasteiger partial charge in [0.2, 0.25) is 0 Å². The highest BCUT2D eigenvalue weighted by Gasteiger charge is 2.24. The zero-order chi connectivity index (χ0) is 17.5. The summed E-state index contributed by atoms with van der Waals surface area (Å²) in [6.45, 7) is 4.18. The van der Waals surface area contributed by atoms with Gasteiger partial charge in [-0.05, 0) is 17.7 Å². The van der Waals surface area contributed by atoms with Crippen LogP contribution >= 0.6 is 22.7 Å². The maximum Gasteiger partial charge on any atom is 0.264 e. The highest BCUT2D eigenvalue weighted by atomic mass is 32.1. The van der Waals surface area contributed by atoms with E-state index in [0.717, 1.165) is 52.9 Å². The van der Waals surface area contributed by atoms with Gasteiger partial charge in [-0.1, -0.05) is 6.07 Å². The normalized spacial score (nSPS) is 15.9. The van der Waals surface area contributed by atoms with Crippen molar-refractivity contribution in [1.82, 2.24) is 24.2 Å². The molecule has 0 bridgehead atoms. The molecule has 0 spiro atoms. The van der Waals surface area contributed by atoms with Crippen molar-refractivity contribution in [2.45, 2.75) is 6.54 Å². The molecule has 8 heteroatoms. The van der Waals surface area contributed by atoms with Crippen molar-refractivity contribution in [2.24, 2.45) is 0 Å². The second kappa shape index (κ2) is 6.46. The van der Waals surface area contributed by atoms with Crippen LogP contribution in [-0.2, 0) is 6.54 Å². The van der Waals surface area contributed by atoms with Gasteiger partial charge in [0.05, 0.1) is 10.4 Å². The van der Waals surface area contributed by atoms with Crippen LogP contribution in [0.3, 0.4) is 0 Å². The van der Waals surface area contributed by atoms with Crippen molar-refractivity contribution in [3.8, 4) is 0 Å². The van der Waals surface area contributed by atoms with Crippen LogP contribution < -0.4 is 0 Å². The SMILES string of the molecule is O=C(c1cc2c(nc3sccn32)s1)N1CCN(Cc2cccnc2)CC1. The summed E-state index contributed by atoms with van der Waals surface area (Å²) in [4.78, 5) is 28.7. The van der Waals surface area contributed by atoms with Gasteiger partial charge in [0.25, 0.3) is 5.91 Å². The lowest BCUT2D eigenvalue weighted by molar-refractivity contribution is 0.0633. The van der Waals surface area contributed by atoms with E-state index in [4.69, 9.17) is 0 Å². The zero-order valence-electron chi connectivity index (χ0n) is 14.0. The van der Waals surface area contributed by atoms with E-state index in [1.165, 1.54) is 16.9 Å². The molecule has 1 aliphatic rings. The van der Waals surface area contributed by atoms with Crippen molar-refractivity contribution in [1.29, 1.82) is 0 Å². The van der Waals surface area contributed by atoms with Gasteiger partial charge in [0, 0.05) is 56.7 Å². The van der Waals surface area contributed by atoms with Crippen molar-refractivity contribution in [2.75, 3.05) is 26.2 Å². The molecule has 0 radical (unpaired) electrons. The van der Waals surface area contributed by atoms with E-state index < -0.39 is 0 Å². The number of carbonyl (C=O) groups excluding carboxylic acids is 1. The second-order valence-corrected chi connectivity index (χ2v) is 8.30. The van der Waals surface area contributed by atoms with E-state index in [1.54, 1.807) is 17.5 Å². The molecule has 0 saturated carbocycles. The number of carbonyl (C=O) groups is 1. The molecule has 26 heavy (non-hydrogen) atoms. The minimum atomic E-state index is 0.123. The molecule has 1 amide bonds. The molecule has 0 unspecified atom stereocenters. The Balaban J connectivity index is 1.27. The average Bonchev–Trinajstić information content (AvgIpc) is 3.35. The van der Waals surface area contributed by atoms with Crippen LogP contribution in [0.4, 0.5) is 0 Å². The second-order valence-electron chi connectivity index (χ2n) is 6.40. The van der Waals surface area contributed by atoms with Crippen LogP contribution in [0.25, 0.3) is 15.3 Å². The molecule has 0 aliphatic carbocycles. The molecule has 4 aromatic rings. The van der Waals surface area contributed by atoms with Gasteiger partial charge in [-0.3, -0.25) is 19.1 Å².